The van der Waals surface area contributed by atoms with Crippen LogP contribution in [0.5, 0.6) is 0 Å². The lowest BCUT2D eigenvalue weighted by molar-refractivity contribution is -0.130. The first-order chi connectivity index (χ1) is 12.4. The van der Waals surface area contributed by atoms with Gasteiger partial charge in [-0.3, -0.25) is 9.69 Å². The van der Waals surface area contributed by atoms with Gasteiger partial charge in [0.2, 0.25) is 5.91 Å². The molecule has 2 N–H and O–H groups in total. The summed E-state index contributed by atoms with van der Waals surface area (Å²) in [5, 5.41) is -0.383. The molecule has 9 heteroatoms. The van der Waals surface area contributed by atoms with Gasteiger partial charge in [0, 0.05) is 25.6 Å². The van der Waals surface area contributed by atoms with Crippen molar-refractivity contribution >= 4 is 34.8 Å². The number of aliphatic imine (C=N–C) groups is 1. The number of guanidine groups is 1. The van der Waals surface area contributed by atoms with Crippen LogP contribution in [0.25, 0.3) is 0 Å². The zero-order chi connectivity index (χ0) is 20.1. The van der Waals surface area contributed by atoms with Gasteiger partial charge in [0.25, 0.3) is 5.92 Å². The van der Waals surface area contributed by atoms with E-state index in [1.807, 2.05) is 0 Å². The highest BCUT2D eigenvalue weighted by Gasteiger charge is 2.49. The van der Waals surface area contributed by atoms with Crippen LogP contribution in [0.1, 0.15) is 35.8 Å². The maximum atomic E-state index is 13.8. The largest absolute Gasteiger partial charge is 0.369 e. The Hall–Kier alpha value is -2.06. The van der Waals surface area contributed by atoms with E-state index in [0.29, 0.717) is 10.4 Å². The van der Waals surface area contributed by atoms with E-state index in [4.69, 9.17) is 17.3 Å². The van der Waals surface area contributed by atoms with Gasteiger partial charge in [-0.25, -0.2) is 13.8 Å². The molecule has 1 amide bonds. The van der Waals surface area contributed by atoms with Crippen molar-refractivity contribution in [2.75, 3.05) is 7.05 Å². The number of nitrogens with two attached hydrogens (primary N) is 1. The average molecular weight is 416 g/mol. The first-order valence-electron chi connectivity index (χ1n) is 8.01. The SMILES string of the molecule is CN1C(=O)C(c2ccc(C(C)(F)F)cc2)[C@@](C)(c2sc(F)cc2Cl)N=C1N. The zero-order valence-corrected chi connectivity index (χ0v) is 16.3. The van der Waals surface area contributed by atoms with Crippen molar-refractivity contribution in [3.05, 3.63) is 56.5 Å². The van der Waals surface area contributed by atoms with E-state index in [1.165, 1.54) is 36.2 Å². The number of halogens is 4. The molecule has 27 heavy (non-hydrogen) atoms. The molecule has 2 atom stereocenters. The molecule has 0 spiro atoms. The summed E-state index contributed by atoms with van der Waals surface area (Å²) in [6.45, 7) is 2.43. The number of alkyl halides is 2. The Morgan fingerprint density at radius 3 is 2.41 bits per heavy atom. The van der Waals surface area contributed by atoms with Crippen LogP contribution in [-0.4, -0.2) is 23.8 Å². The maximum Gasteiger partial charge on any atom is 0.270 e. The highest BCUT2D eigenvalue weighted by atomic mass is 35.5. The quantitative estimate of drug-likeness (QED) is 0.805. The molecule has 0 saturated heterocycles. The van der Waals surface area contributed by atoms with Crippen LogP contribution < -0.4 is 5.73 Å². The second kappa shape index (κ2) is 6.53. The Kier molecular flexibility index (Phi) is 4.76. The molecular weight excluding hydrogens is 399 g/mol. The Labute approximate surface area is 163 Å². The van der Waals surface area contributed by atoms with Crippen molar-refractivity contribution in [1.29, 1.82) is 0 Å². The Morgan fingerprint density at radius 2 is 1.93 bits per heavy atom. The molecule has 3 rings (SSSR count). The lowest BCUT2D eigenvalue weighted by Gasteiger charge is -2.40. The predicted molar refractivity (Wildman–Crippen MR) is 99.8 cm³/mol. The number of nitrogens with zero attached hydrogens (tertiary/aromatic N) is 2. The molecule has 2 aromatic rings. The number of benzene rings is 1. The van der Waals surface area contributed by atoms with E-state index in [2.05, 4.69) is 4.99 Å². The van der Waals surface area contributed by atoms with Gasteiger partial charge in [-0.1, -0.05) is 35.9 Å². The monoisotopic (exact) mass is 415 g/mol. The first kappa shape index (κ1) is 19.7. The van der Waals surface area contributed by atoms with Gasteiger partial charge in [-0.15, -0.1) is 11.3 Å². The average Bonchev–Trinajstić information content (AvgIpc) is 2.92. The number of carbonyl (C=O) groups excluding carboxylic acids is 1. The number of thiophene rings is 1. The summed E-state index contributed by atoms with van der Waals surface area (Å²) in [5.41, 5.74) is 4.90. The first-order valence-corrected chi connectivity index (χ1v) is 9.21. The second-order valence-corrected chi connectivity index (χ2v) is 8.10. The van der Waals surface area contributed by atoms with Crippen LogP contribution in [-0.2, 0) is 16.3 Å². The summed E-state index contributed by atoms with van der Waals surface area (Å²) in [6.07, 6.45) is 0. The number of likely N-dealkylation sites (N-methyl/N-ethyl adjacent to an activating group) is 1. The molecule has 1 aliphatic rings. The fourth-order valence-corrected chi connectivity index (χ4v) is 4.59. The van der Waals surface area contributed by atoms with Gasteiger partial charge in [0.1, 0.15) is 5.54 Å². The fourth-order valence-electron chi connectivity index (χ4n) is 3.23. The lowest BCUT2D eigenvalue weighted by atomic mass is 9.77. The standard InChI is InChI=1S/C18H17ClF3N3OS/c1-17(14-11(19)8-12(20)27-14)13(15(26)25(3)16(23)24-17)9-4-6-10(7-5-9)18(2,21)22/h4-8,13H,1-3H3,(H2,23,24)/t13?,17-/m0/s1. The third-order valence-electron chi connectivity index (χ3n) is 4.70. The number of carbonyl (C=O) groups is 1. The maximum absolute atomic E-state index is 13.8. The van der Waals surface area contributed by atoms with Gasteiger partial charge in [-0.05, 0) is 12.5 Å². The molecule has 0 radical (unpaired) electrons. The Balaban J connectivity index is 2.18. The molecule has 0 bridgehead atoms. The number of hydrogen-bond acceptors (Lipinski definition) is 4. The molecule has 0 fully saturated rings. The molecule has 0 aliphatic carbocycles. The van der Waals surface area contributed by atoms with Gasteiger partial charge in [0.15, 0.2) is 11.1 Å². The Bertz CT molecular complexity index is 923. The molecule has 2 heterocycles. The highest BCUT2D eigenvalue weighted by molar-refractivity contribution is 7.11. The number of hydrogen-bond donors (Lipinski definition) is 1. The van der Waals surface area contributed by atoms with Crippen molar-refractivity contribution in [3.63, 3.8) is 0 Å². The lowest BCUT2D eigenvalue weighted by Crippen LogP contribution is -2.52. The van der Waals surface area contributed by atoms with Crippen LogP contribution >= 0.6 is 22.9 Å². The fraction of sp³-hybridized carbons (Fsp3) is 0.333. The minimum atomic E-state index is -3.00. The van der Waals surface area contributed by atoms with Crippen molar-refractivity contribution in [2.45, 2.75) is 31.2 Å². The predicted octanol–water partition coefficient (Wildman–Crippen LogP) is 4.44. The summed E-state index contributed by atoms with van der Waals surface area (Å²) >= 11 is 6.95. The van der Waals surface area contributed by atoms with E-state index in [-0.39, 0.29) is 22.5 Å². The second-order valence-electron chi connectivity index (χ2n) is 6.69. The normalized spacial score (nSPS) is 23.5. The summed E-state index contributed by atoms with van der Waals surface area (Å²) in [7, 11) is 1.47. The van der Waals surface area contributed by atoms with E-state index >= 15 is 0 Å². The highest BCUT2D eigenvalue weighted by Crippen LogP contribution is 2.49. The van der Waals surface area contributed by atoms with Gasteiger partial charge in [0.05, 0.1) is 15.8 Å². The van der Waals surface area contributed by atoms with Crippen molar-refractivity contribution in [2.24, 2.45) is 10.7 Å². The smallest absolute Gasteiger partial charge is 0.270 e. The van der Waals surface area contributed by atoms with E-state index < -0.39 is 22.5 Å². The van der Waals surface area contributed by atoms with Gasteiger partial charge < -0.3 is 5.73 Å². The van der Waals surface area contributed by atoms with E-state index in [9.17, 15) is 18.0 Å². The molecule has 1 aliphatic heterocycles. The Morgan fingerprint density at radius 1 is 1.33 bits per heavy atom. The summed E-state index contributed by atoms with van der Waals surface area (Å²) < 4.78 is 40.8. The summed E-state index contributed by atoms with van der Waals surface area (Å²) in [4.78, 5) is 19.0. The minimum Gasteiger partial charge on any atom is -0.369 e. The number of rotatable bonds is 3. The molecule has 4 nitrogen and oxygen atoms in total. The minimum absolute atomic E-state index is 0.0275. The molecule has 1 unspecified atom stereocenters. The van der Waals surface area contributed by atoms with Crippen LogP contribution in [0.2, 0.25) is 5.02 Å². The molecule has 1 aromatic heterocycles. The summed E-state index contributed by atoms with van der Waals surface area (Å²) in [5.74, 6) is -4.31. The van der Waals surface area contributed by atoms with Crippen LogP contribution in [0.15, 0.2) is 35.3 Å². The van der Waals surface area contributed by atoms with Crippen molar-refractivity contribution < 1.29 is 18.0 Å². The van der Waals surface area contributed by atoms with Gasteiger partial charge >= 0.3 is 0 Å². The number of amides is 1. The van der Waals surface area contributed by atoms with Crippen LogP contribution in [0.4, 0.5) is 13.2 Å². The van der Waals surface area contributed by atoms with Crippen LogP contribution in [0, 0.1) is 5.13 Å². The van der Waals surface area contributed by atoms with Crippen molar-refractivity contribution in [3.8, 4) is 0 Å². The molecular formula is C18H17ClF3N3OS. The molecule has 144 valence electrons. The third-order valence-corrected chi connectivity index (χ3v) is 6.26. The topological polar surface area (TPSA) is 58.7 Å². The van der Waals surface area contributed by atoms with E-state index in [0.717, 1.165) is 24.3 Å². The summed E-state index contributed by atoms with van der Waals surface area (Å²) in [6, 6.07) is 6.59. The molecule has 0 saturated carbocycles. The van der Waals surface area contributed by atoms with E-state index in [1.54, 1.807) is 6.92 Å². The van der Waals surface area contributed by atoms with Crippen LogP contribution in [0.3, 0.4) is 0 Å². The van der Waals surface area contributed by atoms with Crippen molar-refractivity contribution in [1.82, 2.24) is 4.90 Å². The third kappa shape index (κ3) is 3.32. The zero-order valence-electron chi connectivity index (χ0n) is 14.8. The van der Waals surface area contributed by atoms with Gasteiger partial charge in [-0.2, -0.15) is 4.39 Å². The molecule has 1 aromatic carbocycles.